The summed E-state index contributed by atoms with van der Waals surface area (Å²) in [5.41, 5.74) is 0. The molecule has 1 heterocycles. The van der Waals surface area contributed by atoms with Crippen molar-refractivity contribution >= 4 is 26.8 Å². The van der Waals surface area contributed by atoms with Crippen LogP contribution in [0, 0.1) is 5.92 Å². The summed E-state index contributed by atoms with van der Waals surface area (Å²) in [4.78, 5) is 11.3. The molecule has 1 aliphatic rings. The van der Waals surface area contributed by atoms with Crippen molar-refractivity contribution in [2.75, 3.05) is 23.8 Å². The third kappa shape index (κ3) is 5.21. The zero-order valence-electron chi connectivity index (χ0n) is 9.57. The third-order valence-corrected chi connectivity index (χ3v) is 5.33. The largest absolute Gasteiger partial charge is 0.347 e. The molecule has 0 aliphatic carbocycles. The highest BCUT2D eigenvalue weighted by atomic mass is 32.2. The lowest BCUT2D eigenvalue weighted by Crippen LogP contribution is -2.27. The number of rotatable bonds is 5. The number of nitrogens with one attached hydrogen (secondary N) is 1. The summed E-state index contributed by atoms with van der Waals surface area (Å²) in [6, 6.07) is 0. The van der Waals surface area contributed by atoms with E-state index in [-0.39, 0.29) is 22.7 Å². The van der Waals surface area contributed by atoms with E-state index in [1.165, 1.54) is 11.8 Å². The Morgan fingerprint density at radius 1 is 1.50 bits per heavy atom. The van der Waals surface area contributed by atoms with Crippen LogP contribution in [0.1, 0.15) is 26.2 Å². The molecular formula is C10H19NO3S2. The van der Waals surface area contributed by atoms with Gasteiger partial charge in [-0.25, -0.2) is 8.42 Å². The summed E-state index contributed by atoms with van der Waals surface area (Å²) in [6.45, 7) is 2.58. The van der Waals surface area contributed by atoms with Crippen molar-refractivity contribution in [1.29, 1.82) is 0 Å². The molecule has 4 nitrogen and oxygen atoms in total. The maximum absolute atomic E-state index is 11.3. The smallest absolute Gasteiger partial charge is 0.279 e. The Kier molecular flexibility index (Phi) is 5.61. The number of unbranched alkanes of at least 4 members (excludes halogenated alkanes) is 1. The highest BCUT2D eigenvalue weighted by molar-refractivity contribution is 8.13. The molecule has 6 heteroatoms. The maximum atomic E-state index is 11.3. The van der Waals surface area contributed by atoms with Gasteiger partial charge in [0.15, 0.2) is 9.84 Å². The van der Waals surface area contributed by atoms with Crippen molar-refractivity contribution in [1.82, 2.24) is 5.32 Å². The first-order valence-electron chi connectivity index (χ1n) is 5.64. The van der Waals surface area contributed by atoms with Crippen LogP contribution in [-0.4, -0.2) is 37.5 Å². The maximum Gasteiger partial charge on any atom is 0.279 e. The number of carbonyl (C=O) groups excluding carboxylic acids is 1. The van der Waals surface area contributed by atoms with E-state index in [0.717, 1.165) is 18.6 Å². The van der Waals surface area contributed by atoms with Gasteiger partial charge in [0.25, 0.3) is 5.24 Å². The average Bonchev–Trinajstić information content (AvgIpc) is 2.56. The summed E-state index contributed by atoms with van der Waals surface area (Å²) >= 11 is 1.28. The summed E-state index contributed by atoms with van der Waals surface area (Å²) < 4.78 is 22.4. The quantitative estimate of drug-likeness (QED) is 0.768. The van der Waals surface area contributed by atoms with Crippen molar-refractivity contribution in [2.45, 2.75) is 26.2 Å². The molecule has 1 rings (SSSR count). The van der Waals surface area contributed by atoms with Gasteiger partial charge in [-0.2, -0.15) is 0 Å². The van der Waals surface area contributed by atoms with E-state index in [4.69, 9.17) is 0 Å². The van der Waals surface area contributed by atoms with Crippen LogP contribution in [0.15, 0.2) is 0 Å². The molecule has 0 spiro atoms. The second kappa shape index (κ2) is 6.49. The van der Waals surface area contributed by atoms with Crippen LogP contribution in [0.5, 0.6) is 0 Å². The first-order valence-corrected chi connectivity index (χ1v) is 8.45. The molecule has 0 bridgehead atoms. The van der Waals surface area contributed by atoms with Crippen LogP contribution in [0.3, 0.4) is 0 Å². The van der Waals surface area contributed by atoms with Gasteiger partial charge < -0.3 is 5.32 Å². The van der Waals surface area contributed by atoms with Gasteiger partial charge in [0.1, 0.15) is 0 Å². The molecular weight excluding hydrogens is 246 g/mol. The summed E-state index contributed by atoms with van der Waals surface area (Å²) in [6.07, 6.45) is 2.80. The highest BCUT2D eigenvalue weighted by Crippen LogP contribution is 2.17. The average molecular weight is 265 g/mol. The zero-order chi connectivity index (χ0) is 12.0. The van der Waals surface area contributed by atoms with Crippen LogP contribution in [0.25, 0.3) is 0 Å². The Morgan fingerprint density at radius 2 is 2.25 bits per heavy atom. The third-order valence-electron chi connectivity index (χ3n) is 2.59. The van der Waals surface area contributed by atoms with Gasteiger partial charge in [0.05, 0.1) is 11.5 Å². The SMILES string of the molecule is CCCCSC(=O)NCC1CCS(=O)(=O)C1. The van der Waals surface area contributed by atoms with Crippen LogP contribution < -0.4 is 5.32 Å². The lowest BCUT2D eigenvalue weighted by atomic mass is 10.1. The molecule has 1 atom stereocenters. The van der Waals surface area contributed by atoms with Gasteiger partial charge in [-0.1, -0.05) is 25.1 Å². The first kappa shape index (κ1) is 13.8. The van der Waals surface area contributed by atoms with E-state index in [9.17, 15) is 13.2 Å². The number of hydrogen-bond acceptors (Lipinski definition) is 4. The molecule has 1 amide bonds. The number of carbonyl (C=O) groups is 1. The van der Waals surface area contributed by atoms with Gasteiger partial charge in [-0.15, -0.1) is 0 Å². The van der Waals surface area contributed by atoms with E-state index in [0.29, 0.717) is 13.0 Å². The summed E-state index contributed by atoms with van der Waals surface area (Å²) in [5.74, 6) is 1.45. The van der Waals surface area contributed by atoms with Crippen LogP contribution in [0.4, 0.5) is 4.79 Å². The van der Waals surface area contributed by atoms with Gasteiger partial charge in [0.2, 0.25) is 0 Å². The molecule has 0 aromatic heterocycles. The van der Waals surface area contributed by atoms with Crippen molar-refractivity contribution in [3.05, 3.63) is 0 Å². The first-order chi connectivity index (χ1) is 7.53. The minimum atomic E-state index is -2.82. The summed E-state index contributed by atoms with van der Waals surface area (Å²) in [7, 11) is -2.82. The van der Waals surface area contributed by atoms with Crippen molar-refractivity contribution in [2.24, 2.45) is 5.92 Å². The Hall–Kier alpha value is -0.230. The topological polar surface area (TPSA) is 63.2 Å². The molecule has 1 aliphatic heterocycles. The standard InChI is InChI=1S/C10H19NO3S2/c1-2-3-5-15-10(12)11-7-9-4-6-16(13,14)8-9/h9H,2-8H2,1H3,(H,11,12). The van der Waals surface area contributed by atoms with E-state index in [1.54, 1.807) is 0 Å². The Morgan fingerprint density at radius 3 is 2.81 bits per heavy atom. The van der Waals surface area contributed by atoms with Crippen LogP contribution in [-0.2, 0) is 9.84 Å². The lowest BCUT2D eigenvalue weighted by molar-refractivity contribution is 0.259. The van der Waals surface area contributed by atoms with Crippen LogP contribution >= 0.6 is 11.8 Å². The van der Waals surface area contributed by atoms with E-state index >= 15 is 0 Å². The predicted octanol–water partition coefficient (Wildman–Crippen LogP) is 1.66. The van der Waals surface area contributed by atoms with E-state index < -0.39 is 9.84 Å². The molecule has 0 radical (unpaired) electrons. The van der Waals surface area contributed by atoms with Gasteiger partial charge >= 0.3 is 0 Å². The monoisotopic (exact) mass is 265 g/mol. The van der Waals surface area contributed by atoms with Crippen molar-refractivity contribution in [3.63, 3.8) is 0 Å². The minimum absolute atomic E-state index is 0.0299. The molecule has 0 saturated carbocycles. The minimum Gasteiger partial charge on any atom is -0.347 e. The van der Waals surface area contributed by atoms with Gasteiger partial charge in [0, 0.05) is 12.3 Å². The normalized spacial score (nSPS) is 23.2. The van der Waals surface area contributed by atoms with Gasteiger partial charge in [-0.05, 0) is 18.8 Å². The van der Waals surface area contributed by atoms with E-state index in [2.05, 4.69) is 12.2 Å². The zero-order valence-corrected chi connectivity index (χ0v) is 11.2. The van der Waals surface area contributed by atoms with Crippen LogP contribution in [0.2, 0.25) is 0 Å². The van der Waals surface area contributed by atoms with Crippen molar-refractivity contribution < 1.29 is 13.2 Å². The Bertz CT molecular complexity index is 327. The number of hydrogen-bond donors (Lipinski definition) is 1. The fourth-order valence-electron chi connectivity index (χ4n) is 1.62. The molecule has 1 saturated heterocycles. The molecule has 0 aromatic carbocycles. The lowest BCUT2D eigenvalue weighted by Gasteiger charge is -2.08. The molecule has 1 fully saturated rings. The number of amides is 1. The predicted molar refractivity (Wildman–Crippen MR) is 67.5 cm³/mol. The van der Waals surface area contributed by atoms with Crippen molar-refractivity contribution in [3.8, 4) is 0 Å². The number of sulfone groups is 1. The number of thioether (sulfide) groups is 1. The second-order valence-corrected chi connectivity index (χ2v) is 7.44. The molecule has 1 N–H and O–H groups in total. The molecule has 0 aromatic rings. The fourth-order valence-corrected chi connectivity index (χ4v) is 4.29. The Labute approximate surface area is 101 Å². The fraction of sp³-hybridized carbons (Fsp3) is 0.900. The second-order valence-electron chi connectivity index (χ2n) is 4.14. The molecule has 16 heavy (non-hydrogen) atoms. The highest BCUT2D eigenvalue weighted by Gasteiger charge is 2.27. The Balaban J connectivity index is 2.13. The molecule has 94 valence electrons. The van der Waals surface area contributed by atoms with E-state index in [1.807, 2.05) is 0 Å². The summed E-state index contributed by atoms with van der Waals surface area (Å²) in [5, 5.41) is 2.75. The molecule has 1 unspecified atom stereocenters. The van der Waals surface area contributed by atoms with Gasteiger partial charge in [-0.3, -0.25) is 4.79 Å².